The molecule has 1 fully saturated rings. The third kappa shape index (κ3) is 3.54. The summed E-state index contributed by atoms with van der Waals surface area (Å²) in [6, 6.07) is 4.61. The van der Waals surface area contributed by atoms with Gasteiger partial charge in [-0.05, 0) is 68.1 Å². The molecule has 1 saturated heterocycles. The first kappa shape index (κ1) is 15.4. The molecule has 1 aromatic carbocycles. The summed E-state index contributed by atoms with van der Waals surface area (Å²) in [6.45, 7) is 5.79. The normalized spacial score (nSPS) is 18.8. The highest BCUT2D eigenvalue weighted by Gasteiger charge is 2.32. The first-order chi connectivity index (χ1) is 9.27. The number of alkyl halides is 3. The van der Waals surface area contributed by atoms with Gasteiger partial charge in [0.05, 0.1) is 5.56 Å². The van der Waals surface area contributed by atoms with Crippen molar-refractivity contribution in [3.05, 3.63) is 34.9 Å². The maximum atomic E-state index is 13.0. The van der Waals surface area contributed by atoms with Gasteiger partial charge in [0, 0.05) is 0 Å². The molecule has 1 aliphatic heterocycles. The quantitative estimate of drug-likeness (QED) is 0.765. The Kier molecular flexibility index (Phi) is 4.43. The van der Waals surface area contributed by atoms with Crippen LogP contribution in [-0.4, -0.2) is 25.0 Å². The van der Waals surface area contributed by atoms with Crippen LogP contribution in [0.4, 0.5) is 13.2 Å². The van der Waals surface area contributed by atoms with Crippen molar-refractivity contribution in [2.45, 2.75) is 44.7 Å². The van der Waals surface area contributed by atoms with Gasteiger partial charge in [-0.15, -0.1) is 0 Å². The topological polar surface area (TPSA) is 3.24 Å². The average molecular weight is 285 g/mol. The zero-order valence-corrected chi connectivity index (χ0v) is 12.3. The molecule has 0 bridgehead atoms. The van der Waals surface area contributed by atoms with Gasteiger partial charge in [-0.3, -0.25) is 0 Å². The first-order valence-corrected chi connectivity index (χ1v) is 7.18. The van der Waals surface area contributed by atoms with Crippen molar-refractivity contribution in [2.24, 2.45) is 0 Å². The highest BCUT2D eigenvalue weighted by molar-refractivity contribution is 5.35. The predicted octanol–water partition coefficient (Wildman–Crippen LogP) is 4.64. The van der Waals surface area contributed by atoms with E-state index in [1.165, 1.54) is 12.1 Å². The minimum atomic E-state index is -4.26. The Bertz CT molecular complexity index is 457. The molecule has 1 aliphatic rings. The van der Waals surface area contributed by atoms with Gasteiger partial charge in [-0.25, -0.2) is 0 Å². The van der Waals surface area contributed by atoms with E-state index in [1.54, 1.807) is 0 Å². The summed E-state index contributed by atoms with van der Waals surface area (Å²) < 4.78 is 39.1. The van der Waals surface area contributed by atoms with Crippen molar-refractivity contribution >= 4 is 0 Å². The number of hydrogen-bond acceptors (Lipinski definition) is 1. The molecule has 0 radical (unpaired) electrons. The molecule has 0 atom stereocenters. The van der Waals surface area contributed by atoms with Crippen LogP contribution < -0.4 is 0 Å². The molecule has 0 aromatic heterocycles. The van der Waals surface area contributed by atoms with Crippen LogP contribution in [0.3, 0.4) is 0 Å². The maximum absolute atomic E-state index is 13.0. The maximum Gasteiger partial charge on any atom is 0.416 e. The zero-order chi connectivity index (χ0) is 14.9. The Balaban J connectivity index is 2.34. The number of benzene rings is 1. The Morgan fingerprint density at radius 2 is 1.70 bits per heavy atom. The smallest absolute Gasteiger partial charge is 0.306 e. The van der Waals surface area contributed by atoms with Crippen LogP contribution >= 0.6 is 0 Å². The molecule has 1 aromatic rings. The van der Waals surface area contributed by atoms with Gasteiger partial charge in [-0.2, -0.15) is 13.2 Å². The van der Waals surface area contributed by atoms with Gasteiger partial charge in [0.15, 0.2) is 0 Å². The zero-order valence-electron chi connectivity index (χ0n) is 12.3. The van der Waals surface area contributed by atoms with Gasteiger partial charge < -0.3 is 4.90 Å². The second-order valence-electron chi connectivity index (χ2n) is 6.12. The Hall–Kier alpha value is -1.03. The molecule has 2 rings (SSSR count). The van der Waals surface area contributed by atoms with Crippen molar-refractivity contribution in [3.8, 4) is 0 Å². The Morgan fingerprint density at radius 1 is 1.10 bits per heavy atom. The summed E-state index contributed by atoms with van der Waals surface area (Å²) >= 11 is 0. The van der Waals surface area contributed by atoms with E-state index in [9.17, 15) is 13.2 Å². The Morgan fingerprint density at radius 3 is 2.20 bits per heavy atom. The fourth-order valence-corrected chi connectivity index (χ4v) is 2.75. The fourth-order valence-electron chi connectivity index (χ4n) is 2.75. The first-order valence-electron chi connectivity index (χ1n) is 7.18. The number of hydrogen-bond donors (Lipinski definition) is 0. The van der Waals surface area contributed by atoms with Crippen molar-refractivity contribution in [3.63, 3.8) is 0 Å². The average Bonchev–Trinajstić information content (AvgIpc) is 2.38. The standard InChI is InChI=1S/C16H22F3N/c1-11(2)13-8-14(10-15(9-13)16(17,18)19)12-4-6-20(3)7-5-12/h8-12H,4-7H2,1-3H3. The van der Waals surface area contributed by atoms with Crippen molar-refractivity contribution < 1.29 is 13.2 Å². The molecule has 1 heterocycles. The van der Waals surface area contributed by atoms with Crippen LogP contribution in [0.5, 0.6) is 0 Å². The highest BCUT2D eigenvalue weighted by atomic mass is 19.4. The molecule has 4 heteroatoms. The third-order valence-corrected chi connectivity index (χ3v) is 4.16. The lowest BCUT2D eigenvalue weighted by Crippen LogP contribution is -2.29. The number of likely N-dealkylation sites (tertiary alicyclic amines) is 1. The van der Waals surface area contributed by atoms with E-state index in [1.807, 2.05) is 19.9 Å². The van der Waals surface area contributed by atoms with E-state index in [0.717, 1.165) is 37.1 Å². The molecule has 0 spiro atoms. The molecular weight excluding hydrogens is 263 g/mol. The van der Waals surface area contributed by atoms with Crippen LogP contribution in [0, 0.1) is 0 Å². The van der Waals surface area contributed by atoms with E-state index in [4.69, 9.17) is 0 Å². The van der Waals surface area contributed by atoms with E-state index >= 15 is 0 Å². The molecule has 1 nitrogen and oxygen atoms in total. The predicted molar refractivity (Wildman–Crippen MR) is 75.0 cm³/mol. The largest absolute Gasteiger partial charge is 0.416 e. The van der Waals surface area contributed by atoms with Crippen molar-refractivity contribution in [1.29, 1.82) is 0 Å². The van der Waals surface area contributed by atoms with E-state index in [-0.39, 0.29) is 11.8 Å². The minimum absolute atomic E-state index is 0.113. The molecule has 0 saturated carbocycles. The van der Waals surface area contributed by atoms with Gasteiger partial charge in [0.25, 0.3) is 0 Å². The van der Waals surface area contributed by atoms with Crippen LogP contribution in [0.2, 0.25) is 0 Å². The van der Waals surface area contributed by atoms with Gasteiger partial charge in [-0.1, -0.05) is 19.9 Å². The summed E-state index contributed by atoms with van der Waals surface area (Å²) in [6.07, 6.45) is -2.38. The monoisotopic (exact) mass is 285 g/mol. The van der Waals surface area contributed by atoms with Crippen LogP contribution in [0.15, 0.2) is 18.2 Å². The van der Waals surface area contributed by atoms with E-state index < -0.39 is 11.7 Å². The lowest BCUT2D eigenvalue weighted by atomic mass is 9.86. The number of nitrogens with zero attached hydrogens (tertiary/aromatic N) is 1. The third-order valence-electron chi connectivity index (χ3n) is 4.16. The molecular formula is C16H22F3N. The minimum Gasteiger partial charge on any atom is -0.306 e. The summed E-state index contributed by atoms with van der Waals surface area (Å²) in [5, 5.41) is 0. The van der Waals surface area contributed by atoms with Gasteiger partial charge in [0.2, 0.25) is 0 Å². The van der Waals surface area contributed by atoms with Crippen LogP contribution in [-0.2, 0) is 6.18 Å². The molecule has 0 unspecified atom stereocenters. The second-order valence-corrected chi connectivity index (χ2v) is 6.12. The van der Waals surface area contributed by atoms with Crippen LogP contribution in [0.25, 0.3) is 0 Å². The molecule has 0 N–H and O–H groups in total. The van der Waals surface area contributed by atoms with Gasteiger partial charge >= 0.3 is 6.18 Å². The number of piperidine rings is 1. The lowest BCUT2D eigenvalue weighted by molar-refractivity contribution is -0.137. The number of halogens is 3. The highest BCUT2D eigenvalue weighted by Crippen LogP contribution is 2.36. The molecule has 0 aliphatic carbocycles. The molecule has 0 amide bonds. The molecule has 112 valence electrons. The summed E-state index contributed by atoms with van der Waals surface area (Å²) in [5.41, 5.74) is 1.14. The van der Waals surface area contributed by atoms with Crippen LogP contribution in [0.1, 0.15) is 55.2 Å². The van der Waals surface area contributed by atoms with Crippen molar-refractivity contribution in [2.75, 3.05) is 20.1 Å². The van der Waals surface area contributed by atoms with Gasteiger partial charge in [0.1, 0.15) is 0 Å². The fraction of sp³-hybridized carbons (Fsp3) is 0.625. The summed E-state index contributed by atoms with van der Waals surface area (Å²) in [5.74, 6) is 0.369. The Labute approximate surface area is 118 Å². The van der Waals surface area contributed by atoms with Crippen molar-refractivity contribution in [1.82, 2.24) is 4.90 Å². The summed E-state index contributed by atoms with van der Waals surface area (Å²) in [7, 11) is 2.06. The van der Waals surface area contributed by atoms with E-state index in [0.29, 0.717) is 0 Å². The lowest BCUT2D eigenvalue weighted by Gasteiger charge is -2.30. The SMILES string of the molecule is CC(C)c1cc(C2CCN(C)CC2)cc(C(F)(F)F)c1. The second kappa shape index (κ2) is 5.76. The molecule has 20 heavy (non-hydrogen) atoms. The van der Waals surface area contributed by atoms with E-state index in [2.05, 4.69) is 11.9 Å². The summed E-state index contributed by atoms with van der Waals surface area (Å²) in [4.78, 5) is 2.23. The number of rotatable bonds is 2.